The van der Waals surface area contributed by atoms with Crippen LogP contribution in [0.3, 0.4) is 0 Å². The topological polar surface area (TPSA) is 78.9 Å². The highest BCUT2D eigenvalue weighted by Crippen LogP contribution is 2.18. The van der Waals surface area contributed by atoms with E-state index in [4.69, 9.17) is 14.2 Å². The Kier molecular flexibility index (Phi) is 51.1. The van der Waals surface area contributed by atoms with E-state index >= 15 is 0 Å². The average molecular weight is 906 g/mol. The van der Waals surface area contributed by atoms with E-state index in [0.29, 0.717) is 19.3 Å². The Morgan fingerprint density at radius 2 is 0.516 bits per heavy atom. The summed E-state index contributed by atoms with van der Waals surface area (Å²) < 4.78 is 16.9. The highest BCUT2D eigenvalue weighted by Gasteiger charge is 2.19. The van der Waals surface area contributed by atoms with Gasteiger partial charge in [0.05, 0.1) is 0 Å². The third-order valence-electron chi connectivity index (χ3n) is 13.3. The van der Waals surface area contributed by atoms with Gasteiger partial charge in [0.2, 0.25) is 0 Å². The fourth-order valence-corrected chi connectivity index (χ4v) is 8.92. The highest BCUT2D eigenvalue weighted by atomic mass is 16.6. The lowest BCUT2D eigenvalue weighted by atomic mass is 10.0. The fraction of sp³-hybridized carbons (Fsp3) is 0.948. The number of rotatable bonds is 53. The fourth-order valence-electron chi connectivity index (χ4n) is 8.92. The van der Waals surface area contributed by atoms with Crippen LogP contribution in [0.15, 0.2) is 0 Å². The first-order valence-electron chi connectivity index (χ1n) is 28.9. The van der Waals surface area contributed by atoms with Crippen molar-refractivity contribution in [3.8, 4) is 0 Å². The van der Waals surface area contributed by atoms with Crippen LogP contribution in [0.2, 0.25) is 0 Å². The molecule has 0 aliphatic rings. The zero-order valence-corrected chi connectivity index (χ0v) is 43.8. The molecule has 6 nitrogen and oxygen atoms in total. The molecule has 0 fully saturated rings. The number of esters is 3. The molecular formula is C58H112O6. The smallest absolute Gasteiger partial charge is 0.306 e. The van der Waals surface area contributed by atoms with E-state index in [-0.39, 0.29) is 31.1 Å². The van der Waals surface area contributed by atoms with Crippen LogP contribution in [0.5, 0.6) is 0 Å². The van der Waals surface area contributed by atoms with Crippen molar-refractivity contribution in [2.75, 3.05) is 13.2 Å². The van der Waals surface area contributed by atoms with Crippen LogP contribution in [-0.2, 0) is 28.6 Å². The number of hydrogen-bond acceptors (Lipinski definition) is 6. The molecule has 0 N–H and O–H groups in total. The van der Waals surface area contributed by atoms with Gasteiger partial charge >= 0.3 is 17.9 Å². The Bertz CT molecular complexity index is 964. The van der Waals surface area contributed by atoms with Crippen LogP contribution < -0.4 is 0 Å². The molecule has 6 heteroatoms. The standard InChI is InChI=1S/C58H112O6/c1-5-7-9-11-13-15-17-18-19-23-27-31-35-39-43-47-51-58(61)64-55(52-62-56(59)49-45-41-37-33-28-16-14-12-10-8-6-2)53-63-57(60)50-46-42-38-34-30-26-24-21-20-22-25-29-32-36-40-44-48-54(3)4/h54-55H,5-53H2,1-4H3/t55-/m0/s1. The average Bonchev–Trinajstić information content (AvgIpc) is 3.28. The minimum Gasteiger partial charge on any atom is -0.462 e. The number of carbonyl (C=O) groups excluding carboxylic acids is 3. The molecule has 0 aromatic carbocycles. The van der Waals surface area contributed by atoms with Crippen molar-refractivity contribution in [3.63, 3.8) is 0 Å². The zero-order valence-electron chi connectivity index (χ0n) is 43.8. The summed E-state index contributed by atoms with van der Waals surface area (Å²) in [4.78, 5) is 38.1. The first-order chi connectivity index (χ1) is 31.4. The molecule has 0 spiro atoms. The molecule has 0 aliphatic carbocycles. The molecule has 0 rings (SSSR count). The summed E-state index contributed by atoms with van der Waals surface area (Å²) in [6.45, 7) is 9.06. The van der Waals surface area contributed by atoms with Crippen molar-refractivity contribution < 1.29 is 28.6 Å². The molecule has 0 saturated carbocycles. The van der Waals surface area contributed by atoms with Gasteiger partial charge < -0.3 is 14.2 Å². The van der Waals surface area contributed by atoms with Crippen molar-refractivity contribution in [3.05, 3.63) is 0 Å². The van der Waals surface area contributed by atoms with Gasteiger partial charge in [-0.1, -0.05) is 291 Å². The van der Waals surface area contributed by atoms with Crippen LogP contribution in [0, 0.1) is 5.92 Å². The Balaban J connectivity index is 4.25. The molecule has 64 heavy (non-hydrogen) atoms. The van der Waals surface area contributed by atoms with E-state index in [0.717, 1.165) is 63.7 Å². The third-order valence-corrected chi connectivity index (χ3v) is 13.3. The monoisotopic (exact) mass is 905 g/mol. The van der Waals surface area contributed by atoms with Gasteiger partial charge in [0.1, 0.15) is 13.2 Å². The van der Waals surface area contributed by atoms with E-state index < -0.39 is 6.10 Å². The zero-order chi connectivity index (χ0) is 46.7. The molecular weight excluding hydrogens is 793 g/mol. The van der Waals surface area contributed by atoms with Gasteiger partial charge in [0.25, 0.3) is 0 Å². The summed E-state index contributed by atoms with van der Waals surface area (Å²) in [5.41, 5.74) is 0. The van der Waals surface area contributed by atoms with Gasteiger partial charge in [0.15, 0.2) is 6.10 Å². The maximum absolute atomic E-state index is 12.8. The van der Waals surface area contributed by atoms with Crippen LogP contribution in [-0.4, -0.2) is 37.2 Å². The van der Waals surface area contributed by atoms with Gasteiger partial charge in [-0.2, -0.15) is 0 Å². The van der Waals surface area contributed by atoms with E-state index in [2.05, 4.69) is 27.7 Å². The van der Waals surface area contributed by atoms with Gasteiger partial charge in [-0.3, -0.25) is 14.4 Å². The molecule has 0 aliphatic heterocycles. The van der Waals surface area contributed by atoms with Crippen LogP contribution in [0.25, 0.3) is 0 Å². The lowest BCUT2D eigenvalue weighted by Crippen LogP contribution is -2.30. The van der Waals surface area contributed by atoms with Crippen molar-refractivity contribution in [1.82, 2.24) is 0 Å². The largest absolute Gasteiger partial charge is 0.462 e. The third kappa shape index (κ3) is 51.4. The summed E-state index contributed by atoms with van der Waals surface area (Å²) in [6.07, 6.45) is 56.6. The highest BCUT2D eigenvalue weighted by molar-refractivity contribution is 5.71. The summed E-state index contributed by atoms with van der Waals surface area (Å²) in [6, 6.07) is 0. The van der Waals surface area contributed by atoms with E-state index in [1.165, 1.54) is 225 Å². The lowest BCUT2D eigenvalue weighted by molar-refractivity contribution is -0.167. The molecule has 0 aromatic rings. The summed E-state index contributed by atoms with van der Waals surface area (Å²) >= 11 is 0. The Morgan fingerprint density at radius 3 is 0.766 bits per heavy atom. The molecule has 0 amide bonds. The normalized spacial score (nSPS) is 12.0. The molecule has 0 aromatic heterocycles. The lowest BCUT2D eigenvalue weighted by Gasteiger charge is -2.18. The Hall–Kier alpha value is -1.59. The van der Waals surface area contributed by atoms with E-state index in [1.54, 1.807) is 0 Å². The van der Waals surface area contributed by atoms with Crippen molar-refractivity contribution in [1.29, 1.82) is 0 Å². The predicted molar refractivity (Wildman–Crippen MR) is 275 cm³/mol. The minimum absolute atomic E-state index is 0.0618. The maximum Gasteiger partial charge on any atom is 0.306 e. The first kappa shape index (κ1) is 62.4. The Morgan fingerprint density at radius 1 is 0.297 bits per heavy atom. The maximum atomic E-state index is 12.8. The number of carbonyl (C=O) groups is 3. The first-order valence-corrected chi connectivity index (χ1v) is 28.9. The quantitative estimate of drug-likeness (QED) is 0.0344. The van der Waals surface area contributed by atoms with Crippen LogP contribution >= 0.6 is 0 Å². The summed E-state index contributed by atoms with van der Waals surface area (Å²) in [5, 5.41) is 0. The molecule has 380 valence electrons. The number of ether oxygens (including phenoxy) is 3. The summed E-state index contributed by atoms with van der Waals surface area (Å²) in [5.74, 6) is 0.0169. The molecule has 0 heterocycles. The number of unbranched alkanes of at least 4 members (excludes halogenated alkanes) is 40. The molecule has 0 radical (unpaired) electrons. The summed E-state index contributed by atoms with van der Waals surface area (Å²) in [7, 11) is 0. The van der Waals surface area contributed by atoms with Gasteiger partial charge in [0, 0.05) is 19.3 Å². The van der Waals surface area contributed by atoms with Crippen molar-refractivity contribution in [2.24, 2.45) is 5.92 Å². The molecule has 0 bridgehead atoms. The molecule has 1 atom stereocenters. The van der Waals surface area contributed by atoms with E-state index in [1.807, 2.05) is 0 Å². The Labute approximate surface area is 399 Å². The van der Waals surface area contributed by atoms with Crippen LogP contribution in [0.1, 0.15) is 329 Å². The minimum atomic E-state index is -0.761. The van der Waals surface area contributed by atoms with Crippen molar-refractivity contribution >= 4 is 17.9 Å². The molecule has 0 saturated heterocycles. The second-order valence-corrected chi connectivity index (χ2v) is 20.4. The van der Waals surface area contributed by atoms with Crippen molar-refractivity contribution in [2.45, 2.75) is 336 Å². The molecule has 0 unspecified atom stereocenters. The second kappa shape index (κ2) is 52.4. The van der Waals surface area contributed by atoms with Gasteiger partial charge in [-0.05, 0) is 25.2 Å². The second-order valence-electron chi connectivity index (χ2n) is 20.4. The SMILES string of the molecule is CCCCCCCCCCCCCCCCCCC(=O)O[C@@H](COC(=O)CCCCCCCCCCCCC)COC(=O)CCCCCCCCCCCCCCCCCCC(C)C. The van der Waals surface area contributed by atoms with Gasteiger partial charge in [-0.25, -0.2) is 0 Å². The van der Waals surface area contributed by atoms with E-state index in [9.17, 15) is 14.4 Å². The van der Waals surface area contributed by atoms with Crippen LogP contribution in [0.4, 0.5) is 0 Å². The predicted octanol–water partition coefficient (Wildman–Crippen LogP) is 19.0. The van der Waals surface area contributed by atoms with Gasteiger partial charge in [-0.15, -0.1) is 0 Å². The number of hydrogen-bond donors (Lipinski definition) is 0.